The van der Waals surface area contributed by atoms with Crippen LogP contribution in [0.2, 0.25) is 0 Å². The van der Waals surface area contributed by atoms with Crippen LogP contribution in [-0.4, -0.2) is 53.4 Å². The number of likely N-dealkylation sites (tertiary alicyclic amines) is 1. The highest BCUT2D eigenvalue weighted by atomic mass is 79.9. The van der Waals surface area contributed by atoms with Crippen molar-refractivity contribution < 1.29 is 17.9 Å². The van der Waals surface area contributed by atoms with E-state index in [-0.39, 0.29) is 22.3 Å². The minimum absolute atomic E-state index is 0.00877. The predicted octanol–water partition coefficient (Wildman–Crippen LogP) is 4.37. The number of sulfone groups is 1. The Balaban J connectivity index is 1.65. The van der Waals surface area contributed by atoms with Crippen LogP contribution in [0.1, 0.15) is 52.7 Å². The predicted molar refractivity (Wildman–Crippen MR) is 134 cm³/mol. The molecular formula is C24H32BrN3O5S. The number of rotatable bonds is 6. The number of halogens is 1. The fourth-order valence-electron chi connectivity index (χ4n) is 3.89. The molecule has 0 bridgehead atoms. The topological polar surface area (TPSA) is 98.6 Å². The zero-order valence-corrected chi connectivity index (χ0v) is 22.5. The van der Waals surface area contributed by atoms with Crippen molar-refractivity contribution in [2.75, 3.05) is 18.8 Å². The summed E-state index contributed by atoms with van der Waals surface area (Å²) in [5.41, 5.74) is 0.560. The van der Waals surface area contributed by atoms with Gasteiger partial charge in [-0.05, 0) is 86.5 Å². The number of hydrogen-bond acceptors (Lipinski definition) is 6. The Labute approximate surface area is 209 Å². The summed E-state index contributed by atoms with van der Waals surface area (Å²) in [5.74, 6) is 0.473. The van der Waals surface area contributed by atoms with E-state index in [1.54, 1.807) is 24.1 Å². The molecule has 0 aliphatic carbocycles. The lowest BCUT2D eigenvalue weighted by molar-refractivity contribution is 0.0181. The van der Waals surface area contributed by atoms with Gasteiger partial charge in [0.15, 0.2) is 9.84 Å². The molecule has 0 saturated carbocycles. The summed E-state index contributed by atoms with van der Waals surface area (Å²) in [7, 11) is -3.34. The Bertz CT molecular complexity index is 1200. The number of carbonyl (C=O) groups is 1. The van der Waals surface area contributed by atoms with E-state index in [0.717, 1.165) is 25.0 Å². The normalized spacial score (nSPS) is 15.4. The zero-order valence-electron chi connectivity index (χ0n) is 20.1. The fraction of sp³-hybridized carbons (Fsp3) is 0.542. The summed E-state index contributed by atoms with van der Waals surface area (Å²) >= 11 is 3.41. The summed E-state index contributed by atoms with van der Waals surface area (Å²) in [6, 6.07) is 4.67. The van der Waals surface area contributed by atoms with Crippen molar-refractivity contribution >= 4 is 31.9 Å². The third kappa shape index (κ3) is 6.69. The molecule has 1 aliphatic heterocycles. The lowest BCUT2D eigenvalue weighted by Crippen LogP contribution is -2.41. The van der Waals surface area contributed by atoms with Gasteiger partial charge in [-0.2, -0.15) is 0 Å². The van der Waals surface area contributed by atoms with Gasteiger partial charge in [-0.25, -0.2) is 13.2 Å². The zero-order chi connectivity index (χ0) is 25.1. The van der Waals surface area contributed by atoms with Gasteiger partial charge in [0.05, 0.1) is 28.2 Å². The van der Waals surface area contributed by atoms with Crippen LogP contribution in [-0.2, 0) is 21.0 Å². The fourth-order valence-corrected chi connectivity index (χ4v) is 5.52. The van der Waals surface area contributed by atoms with E-state index in [2.05, 4.69) is 20.9 Å². The van der Waals surface area contributed by atoms with E-state index in [1.807, 2.05) is 20.8 Å². The molecule has 186 valence electrons. The molecule has 0 atom stereocenters. The standard InChI is InChI=1S/C24H32BrN3O5S/c1-5-34(31,32)19-8-9-21(20(25)14-19)28-16-18(26-15-22(28)29)7-6-17-10-12-27(13-11-17)23(30)33-24(2,3)4/h8-9,14-17H,5-7,10-13H2,1-4H3. The van der Waals surface area contributed by atoms with Crippen LogP contribution >= 0.6 is 15.9 Å². The van der Waals surface area contributed by atoms with Gasteiger partial charge < -0.3 is 9.64 Å². The number of carbonyl (C=O) groups excluding carboxylic acids is 1. The highest BCUT2D eigenvalue weighted by molar-refractivity contribution is 9.10. The Morgan fingerprint density at radius 1 is 1.24 bits per heavy atom. The van der Waals surface area contributed by atoms with Gasteiger partial charge in [-0.3, -0.25) is 14.3 Å². The number of hydrogen-bond donors (Lipinski definition) is 0. The van der Waals surface area contributed by atoms with Crippen LogP contribution in [0.25, 0.3) is 5.69 Å². The molecule has 3 rings (SSSR count). The van der Waals surface area contributed by atoms with Crippen LogP contribution in [0.15, 0.2) is 44.8 Å². The summed E-state index contributed by atoms with van der Waals surface area (Å²) in [4.78, 5) is 31.0. The van der Waals surface area contributed by atoms with Crippen molar-refractivity contribution in [1.29, 1.82) is 0 Å². The second kappa shape index (κ2) is 10.6. The first-order valence-electron chi connectivity index (χ1n) is 11.5. The molecule has 1 amide bonds. The Morgan fingerprint density at radius 3 is 2.50 bits per heavy atom. The van der Waals surface area contributed by atoms with E-state index in [9.17, 15) is 18.0 Å². The van der Waals surface area contributed by atoms with Crippen LogP contribution < -0.4 is 5.56 Å². The lowest BCUT2D eigenvalue weighted by atomic mass is 9.92. The first-order chi connectivity index (χ1) is 15.9. The average molecular weight is 555 g/mol. The molecule has 0 radical (unpaired) electrons. The Hall–Kier alpha value is -2.20. The molecule has 0 N–H and O–H groups in total. The van der Waals surface area contributed by atoms with Gasteiger partial charge in [-0.15, -0.1) is 0 Å². The van der Waals surface area contributed by atoms with E-state index in [4.69, 9.17) is 4.74 Å². The van der Waals surface area contributed by atoms with Crippen molar-refractivity contribution in [2.24, 2.45) is 5.92 Å². The van der Waals surface area contributed by atoms with E-state index in [1.165, 1.54) is 22.9 Å². The summed E-state index contributed by atoms with van der Waals surface area (Å²) in [6.07, 6.45) is 6.16. The van der Waals surface area contributed by atoms with Crippen LogP contribution in [0.4, 0.5) is 4.79 Å². The highest BCUT2D eigenvalue weighted by Gasteiger charge is 2.26. The Morgan fingerprint density at radius 2 is 1.91 bits per heavy atom. The minimum atomic E-state index is -3.34. The number of nitrogens with zero attached hydrogens (tertiary/aromatic N) is 3. The van der Waals surface area contributed by atoms with Crippen LogP contribution in [0.5, 0.6) is 0 Å². The quantitative estimate of drug-likeness (QED) is 0.526. The third-order valence-electron chi connectivity index (χ3n) is 5.85. The van der Waals surface area contributed by atoms with Gasteiger partial charge in [0.2, 0.25) is 0 Å². The van der Waals surface area contributed by atoms with Crippen molar-refractivity contribution in [3.63, 3.8) is 0 Å². The Kier molecular flexibility index (Phi) is 8.23. The van der Waals surface area contributed by atoms with Gasteiger partial charge in [0.25, 0.3) is 5.56 Å². The van der Waals surface area contributed by atoms with E-state index < -0.39 is 15.4 Å². The van der Waals surface area contributed by atoms with Crippen LogP contribution in [0, 0.1) is 5.92 Å². The first kappa shape index (κ1) is 26.4. The molecule has 1 aromatic carbocycles. The lowest BCUT2D eigenvalue weighted by Gasteiger charge is -2.33. The van der Waals surface area contributed by atoms with E-state index >= 15 is 0 Å². The van der Waals surface area contributed by atoms with Gasteiger partial charge >= 0.3 is 6.09 Å². The molecule has 1 aliphatic rings. The molecule has 1 fully saturated rings. The maximum atomic E-state index is 12.5. The molecule has 2 heterocycles. The summed E-state index contributed by atoms with van der Waals surface area (Å²) < 4.78 is 31.8. The SMILES string of the molecule is CCS(=O)(=O)c1ccc(-n2cc(CCC3CCN(C(=O)OC(C)(C)C)CC3)ncc2=O)c(Br)c1. The molecule has 8 nitrogen and oxygen atoms in total. The van der Waals surface area contributed by atoms with Crippen molar-refractivity contribution in [3.8, 4) is 5.69 Å². The number of piperidine rings is 1. The highest BCUT2D eigenvalue weighted by Crippen LogP contribution is 2.26. The largest absolute Gasteiger partial charge is 0.444 e. The second-order valence-corrected chi connectivity index (χ2v) is 12.7. The maximum Gasteiger partial charge on any atom is 0.410 e. The second-order valence-electron chi connectivity index (χ2n) is 9.55. The number of benzene rings is 1. The minimum Gasteiger partial charge on any atom is -0.444 e. The molecule has 0 unspecified atom stereocenters. The van der Waals surface area contributed by atoms with Gasteiger partial charge in [0.1, 0.15) is 5.60 Å². The number of amides is 1. The van der Waals surface area contributed by atoms with Gasteiger partial charge in [-0.1, -0.05) is 6.92 Å². The monoisotopic (exact) mass is 553 g/mol. The van der Waals surface area contributed by atoms with Crippen molar-refractivity contribution in [3.05, 3.63) is 51.1 Å². The molecule has 1 aromatic heterocycles. The molecule has 0 spiro atoms. The maximum absolute atomic E-state index is 12.5. The number of aryl methyl sites for hydroxylation is 1. The molecule has 1 saturated heterocycles. The van der Waals surface area contributed by atoms with E-state index in [0.29, 0.717) is 35.6 Å². The van der Waals surface area contributed by atoms with Gasteiger partial charge in [0, 0.05) is 23.8 Å². The average Bonchev–Trinajstić information content (AvgIpc) is 2.78. The first-order valence-corrected chi connectivity index (χ1v) is 13.9. The number of ether oxygens (including phenoxy) is 1. The van der Waals surface area contributed by atoms with Crippen molar-refractivity contribution in [1.82, 2.24) is 14.5 Å². The summed E-state index contributed by atoms with van der Waals surface area (Å²) in [5, 5.41) is 0. The number of aromatic nitrogens is 2. The van der Waals surface area contributed by atoms with Crippen molar-refractivity contribution in [2.45, 2.75) is 63.9 Å². The van der Waals surface area contributed by atoms with Crippen LogP contribution in [0.3, 0.4) is 0 Å². The third-order valence-corrected chi connectivity index (χ3v) is 8.22. The molecule has 10 heteroatoms. The molecular weight excluding hydrogens is 522 g/mol. The molecule has 34 heavy (non-hydrogen) atoms. The summed E-state index contributed by atoms with van der Waals surface area (Å²) in [6.45, 7) is 8.54. The smallest absolute Gasteiger partial charge is 0.410 e. The molecule has 2 aromatic rings.